The van der Waals surface area contributed by atoms with E-state index in [1.54, 1.807) is 0 Å². The van der Waals surface area contributed by atoms with Crippen LogP contribution in [0.15, 0.2) is 0 Å². The van der Waals surface area contributed by atoms with Crippen LogP contribution < -0.4 is 0 Å². The highest BCUT2D eigenvalue weighted by Crippen LogP contribution is 2.29. The van der Waals surface area contributed by atoms with Crippen LogP contribution in [0.5, 0.6) is 0 Å². The maximum Gasteiger partial charge on any atom is 0.506 e. The maximum atomic E-state index is 10.6. The van der Waals surface area contributed by atoms with E-state index in [2.05, 4.69) is 20.8 Å². The van der Waals surface area contributed by atoms with E-state index in [1.807, 2.05) is 0 Å². The molecule has 3 heteroatoms. The molecule has 0 fully saturated rings. The molecular formula is C11H22O3. The van der Waals surface area contributed by atoms with Gasteiger partial charge in [-0.15, -0.1) is 0 Å². The maximum absolute atomic E-state index is 10.6. The van der Waals surface area contributed by atoms with Crippen LogP contribution in [0, 0.1) is 0 Å². The normalized spacial score (nSPS) is 11.4. The summed E-state index contributed by atoms with van der Waals surface area (Å²) in [6.45, 7) is 6.18. The van der Waals surface area contributed by atoms with Gasteiger partial charge in [-0.2, -0.15) is 0 Å². The Morgan fingerprint density at radius 1 is 1.07 bits per heavy atom. The van der Waals surface area contributed by atoms with Gasteiger partial charge < -0.3 is 9.84 Å². The number of hydrogen-bond acceptors (Lipinski definition) is 2. The van der Waals surface area contributed by atoms with Crippen molar-refractivity contribution in [3.8, 4) is 0 Å². The second-order valence-corrected chi connectivity index (χ2v) is 3.80. The van der Waals surface area contributed by atoms with E-state index in [0.29, 0.717) is 0 Å². The molecule has 0 spiro atoms. The second kappa shape index (κ2) is 6.68. The van der Waals surface area contributed by atoms with Gasteiger partial charge in [-0.25, -0.2) is 4.79 Å². The molecule has 0 bridgehead atoms. The van der Waals surface area contributed by atoms with Crippen molar-refractivity contribution in [2.75, 3.05) is 0 Å². The van der Waals surface area contributed by atoms with Gasteiger partial charge in [0.2, 0.25) is 0 Å². The van der Waals surface area contributed by atoms with Crippen molar-refractivity contribution in [3.05, 3.63) is 0 Å². The summed E-state index contributed by atoms with van der Waals surface area (Å²) in [7, 11) is 0. The van der Waals surface area contributed by atoms with Crippen molar-refractivity contribution in [1.82, 2.24) is 0 Å². The SMILES string of the molecule is CCCC(CCC)(CCC)OC(=O)O. The zero-order valence-corrected chi connectivity index (χ0v) is 9.51. The number of carbonyl (C=O) groups is 1. The molecule has 0 aromatic rings. The van der Waals surface area contributed by atoms with Crippen molar-refractivity contribution in [2.24, 2.45) is 0 Å². The highest BCUT2D eigenvalue weighted by molar-refractivity contribution is 5.57. The van der Waals surface area contributed by atoms with E-state index in [4.69, 9.17) is 9.84 Å². The quantitative estimate of drug-likeness (QED) is 0.638. The molecular weight excluding hydrogens is 180 g/mol. The molecule has 0 aromatic carbocycles. The Morgan fingerprint density at radius 3 is 1.64 bits per heavy atom. The first kappa shape index (κ1) is 13.3. The summed E-state index contributed by atoms with van der Waals surface area (Å²) in [6, 6.07) is 0. The Labute approximate surface area is 86.5 Å². The fraction of sp³-hybridized carbons (Fsp3) is 0.909. The minimum Gasteiger partial charge on any atom is -0.450 e. The number of hydrogen-bond donors (Lipinski definition) is 1. The average molecular weight is 202 g/mol. The van der Waals surface area contributed by atoms with Gasteiger partial charge in [0, 0.05) is 0 Å². The molecule has 0 saturated heterocycles. The third-order valence-electron chi connectivity index (χ3n) is 2.42. The van der Waals surface area contributed by atoms with Crippen LogP contribution in [0.1, 0.15) is 59.3 Å². The van der Waals surface area contributed by atoms with Gasteiger partial charge in [0.05, 0.1) is 0 Å². The van der Waals surface area contributed by atoms with E-state index < -0.39 is 11.8 Å². The van der Waals surface area contributed by atoms with Gasteiger partial charge in [-0.1, -0.05) is 40.0 Å². The lowest BCUT2D eigenvalue weighted by atomic mass is 9.88. The largest absolute Gasteiger partial charge is 0.506 e. The molecule has 3 nitrogen and oxygen atoms in total. The van der Waals surface area contributed by atoms with E-state index in [9.17, 15) is 4.79 Å². The second-order valence-electron chi connectivity index (χ2n) is 3.80. The van der Waals surface area contributed by atoms with Gasteiger partial charge >= 0.3 is 6.16 Å². The lowest BCUT2D eigenvalue weighted by Gasteiger charge is -2.31. The van der Waals surface area contributed by atoms with Crippen molar-refractivity contribution < 1.29 is 14.6 Å². The summed E-state index contributed by atoms with van der Waals surface area (Å²) in [5, 5.41) is 8.71. The van der Waals surface area contributed by atoms with Crippen LogP contribution >= 0.6 is 0 Å². The topological polar surface area (TPSA) is 46.5 Å². The highest BCUT2D eigenvalue weighted by atomic mass is 16.7. The molecule has 0 atom stereocenters. The average Bonchev–Trinajstić information content (AvgIpc) is 2.03. The van der Waals surface area contributed by atoms with Gasteiger partial charge in [0.1, 0.15) is 5.60 Å². The van der Waals surface area contributed by atoms with E-state index in [1.165, 1.54) is 0 Å². The first-order valence-corrected chi connectivity index (χ1v) is 5.52. The van der Waals surface area contributed by atoms with E-state index in [-0.39, 0.29) is 0 Å². The van der Waals surface area contributed by atoms with Crippen LogP contribution in [-0.2, 0) is 4.74 Å². The molecule has 14 heavy (non-hydrogen) atoms. The highest BCUT2D eigenvalue weighted by Gasteiger charge is 2.31. The molecule has 0 aliphatic rings. The Morgan fingerprint density at radius 2 is 1.43 bits per heavy atom. The molecule has 0 radical (unpaired) electrons. The summed E-state index contributed by atoms with van der Waals surface area (Å²) < 4.78 is 5.08. The van der Waals surface area contributed by atoms with Gasteiger partial charge in [-0.3, -0.25) is 0 Å². The standard InChI is InChI=1S/C11H22O3/c1-4-7-11(8-5-2,9-6-3)14-10(12)13/h4-9H2,1-3H3,(H,12,13). The Balaban J connectivity index is 4.45. The fourth-order valence-corrected chi connectivity index (χ4v) is 2.08. The molecule has 0 aliphatic carbocycles. The fourth-order valence-electron chi connectivity index (χ4n) is 2.08. The first-order valence-electron chi connectivity index (χ1n) is 5.52. The zero-order chi connectivity index (χ0) is 11.0. The molecule has 0 aliphatic heterocycles. The molecule has 0 saturated carbocycles. The minimum atomic E-state index is -1.14. The van der Waals surface area contributed by atoms with Crippen LogP contribution in [0.3, 0.4) is 0 Å². The summed E-state index contributed by atoms with van der Waals surface area (Å²) in [4.78, 5) is 10.6. The predicted octanol–water partition coefficient (Wildman–Crippen LogP) is 3.82. The summed E-state index contributed by atoms with van der Waals surface area (Å²) >= 11 is 0. The smallest absolute Gasteiger partial charge is 0.450 e. The van der Waals surface area contributed by atoms with Gasteiger partial charge in [-0.05, 0) is 19.3 Å². The minimum absolute atomic E-state index is 0.427. The number of ether oxygens (including phenoxy) is 1. The predicted molar refractivity (Wildman–Crippen MR) is 56.6 cm³/mol. The van der Waals surface area contributed by atoms with Crippen molar-refractivity contribution >= 4 is 6.16 Å². The molecule has 84 valence electrons. The van der Waals surface area contributed by atoms with Gasteiger partial charge in [0.25, 0.3) is 0 Å². The Hall–Kier alpha value is -0.730. The monoisotopic (exact) mass is 202 g/mol. The molecule has 0 amide bonds. The summed E-state index contributed by atoms with van der Waals surface area (Å²) in [5.74, 6) is 0. The Bertz CT molecular complexity index is 149. The third-order valence-corrected chi connectivity index (χ3v) is 2.42. The molecule has 0 heterocycles. The number of carboxylic acid groups (broad SMARTS) is 1. The first-order chi connectivity index (χ1) is 6.60. The summed E-state index contributed by atoms with van der Waals surface area (Å²) in [5.41, 5.74) is -0.427. The van der Waals surface area contributed by atoms with Crippen LogP contribution in [0.2, 0.25) is 0 Å². The lowest BCUT2D eigenvalue weighted by Crippen LogP contribution is -2.34. The Kier molecular flexibility index (Phi) is 6.34. The number of rotatable bonds is 7. The molecule has 0 aromatic heterocycles. The lowest BCUT2D eigenvalue weighted by molar-refractivity contribution is -0.0365. The third kappa shape index (κ3) is 4.49. The van der Waals surface area contributed by atoms with Crippen LogP contribution in [0.4, 0.5) is 4.79 Å². The van der Waals surface area contributed by atoms with E-state index >= 15 is 0 Å². The van der Waals surface area contributed by atoms with Gasteiger partial charge in [0.15, 0.2) is 0 Å². The summed E-state index contributed by atoms with van der Waals surface area (Å²) in [6.07, 6.45) is 4.26. The molecule has 1 N–H and O–H groups in total. The van der Waals surface area contributed by atoms with Crippen LogP contribution in [-0.4, -0.2) is 16.9 Å². The van der Waals surface area contributed by atoms with Crippen molar-refractivity contribution in [1.29, 1.82) is 0 Å². The van der Waals surface area contributed by atoms with Crippen molar-refractivity contribution in [2.45, 2.75) is 64.9 Å². The van der Waals surface area contributed by atoms with Crippen LogP contribution in [0.25, 0.3) is 0 Å². The molecule has 0 rings (SSSR count). The van der Waals surface area contributed by atoms with E-state index in [0.717, 1.165) is 38.5 Å². The van der Waals surface area contributed by atoms with Crippen molar-refractivity contribution in [3.63, 3.8) is 0 Å². The zero-order valence-electron chi connectivity index (χ0n) is 9.51. The molecule has 0 unspecified atom stereocenters.